The summed E-state index contributed by atoms with van der Waals surface area (Å²) in [5.74, 6) is -0.654. The third-order valence-corrected chi connectivity index (χ3v) is 6.29. The number of benzene rings is 1. The molecule has 13 nitrogen and oxygen atoms in total. The van der Waals surface area contributed by atoms with Crippen molar-refractivity contribution >= 4 is 35.6 Å². The van der Waals surface area contributed by atoms with E-state index >= 15 is 0 Å². The summed E-state index contributed by atoms with van der Waals surface area (Å²) in [6.45, 7) is 16.3. The molecule has 13 heteroatoms. The molecule has 0 spiro atoms. The third-order valence-electron chi connectivity index (χ3n) is 6.29. The molecule has 0 saturated carbocycles. The Kier molecular flexibility index (Phi) is 15.8. The van der Waals surface area contributed by atoms with E-state index in [-0.39, 0.29) is 31.9 Å². The maximum Gasteiger partial charge on any atom is 0.415 e. The van der Waals surface area contributed by atoms with Crippen molar-refractivity contribution < 1.29 is 42.9 Å². The van der Waals surface area contributed by atoms with Gasteiger partial charge in [-0.1, -0.05) is 18.2 Å². The molecule has 268 valence electrons. The summed E-state index contributed by atoms with van der Waals surface area (Å²) in [5.41, 5.74) is 1.01. The number of ether oxygens (including phenoxy) is 5. The van der Waals surface area contributed by atoms with Crippen LogP contribution in [0.2, 0.25) is 0 Å². The van der Waals surface area contributed by atoms with Gasteiger partial charge in [0.05, 0.1) is 18.9 Å². The van der Waals surface area contributed by atoms with E-state index < -0.39 is 41.5 Å². The van der Waals surface area contributed by atoms with Crippen molar-refractivity contribution in [1.82, 2.24) is 10.3 Å². The monoisotopic (exact) mass is 682 g/mol. The number of esters is 1. The molecular weight excluding hydrogens is 632 g/mol. The number of aryl methyl sites for hydroxylation is 1. The number of hydrogen-bond donors (Lipinski definition) is 2. The maximum atomic E-state index is 13.9. The van der Waals surface area contributed by atoms with E-state index in [0.29, 0.717) is 29.7 Å². The van der Waals surface area contributed by atoms with Crippen molar-refractivity contribution in [3.8, 4) is 11.1 Å². The molecule has 2 N–H and O–H groups in total. The molecule has 0 saturated heterocycles. The third kappa shape index (κ3) is 14.4. The van der Waals surface area contributed by atoms with Crippen molar-refractivity contribution in [1.29, 1.82) is 0 Å². The lowest BCUT2D eigenvalue weighted by Crippen LogP contribution is -2.48. The highest BCUT2D eigenvalue weighted by Crippen LogP contribution is 2.37. The zero-order chi connectivity index (χ0) is 36.6. The van der Waals surface area contributed by atoms with Crippen LogP contribution >= 0.6 is 0 Å². The highest BCUT2D eigenvalue weighted by Gasteiger charge is 2.36. The summed E-state index contributed by atoms with van der Waals surface area (Å²) in [6.07, 6.45) is 5.53. The average Bonchev–Trinajstić information content (AvgIpc) is 2.99. The molecule has 2 aromatic rings. The number of nitrogens with zero attached hydrogens (tertiary/aromatic N) is 2. The van der Waals surface area contributed by atoms with Crippen LogP contribution in [-0.4, -0.2) is 73.4 Å². The summed E-state index contributed by atoms with van der Waals surface area (Å²) in [4.78, 5) is 57.5. The zero-order valence-electron chi connectivity index (χ0n) is 29.8. The number of hydrogen-bond acceptors (Lipinski definition) is 10. The van der Waals surface area contributed by atoms with Crippen LogP contribution < -0.4 is 15.5 Å². The predicted octanol–water partition coefficient (Wildman–Crippen LogP) is 7.16. The Morgan fingerprint density at radius 3 is 2.31 bits per heavy atom. The number of amides is 3. The topological polar surface area (TPSA) is 155 Å². The van der Waals surface area contributed by atoms with Crippen LogP contribution in [-0.2, 0) is 34.9 Å². The van der Waals surface area contributed by atoms with Gasteiger partial charge in [-0.15, -0.1) is 6.58 Å². The highest BCUT2D eigenvalue weighted by molar-refractivity contribution is 6.01. The summed E-state index contributed by atoms with van der Waals surface area (Å²) < 4.78 is 26.5. The lowest BCUT2D eigenvalue weighted by Gasteiger charge is -2.33. The number of methoxy groups -OCH3 is 1. The predicted molar refractivity (Wildman–Crippen MR) is 187 cm³/mol. The molecule has 0 aliphatic rings. The SMILES string of the molecule is C=CCC(C(=O)OCC)N(C(=O)OC(C)(C)C)c1cc(NC(=O)OCCOC)ccc1-c1ccnc(CCC=CNC(=O)OC(C)(C)C)c1. The van der Waals surface area contributed by atoms with Gasteiger partial charge in [0.1, 0.15) is 23.9 Å². The van der Waals surface area contributed by atoms with Crippen molar-refractivity contribution in [2.24, 2.45) is 0 Å². The number of carbonyl (C=O) groups is 4. The summed E-state index contributed by atoms with van der Waals surface area (Å²) in [7, 11) is 1.49. The largest absolute Gasteiger partial charge is 0.464 e. The smallest absolute Gasteiger partial charge is 0.415 e. The number of allylic oxidation sites excluding steroid dienone is 1. The Morgan fingerprint density at radius 1 is 0.959 bits per heavy atom. The van der Waals surface area contributed by atoms with E-state index in [1.165, 1.54) is 24.3 Å². The van der Waals surface area contributed by atoms with Gasteiger partial charge in [0.25, 0.3) is 0 Å². The fourth-order valence-electron chi connectivity index (χ4n) is 4.36. The van der Waals surface area contributed by atoms with E-state index in [2.05, 4.69) is 22.2 Å². The lowest BCUT2D eigenvalue weighted by molar-refractivity contribution is -0.144. The number of carbonyl (C=O) groups excluding carboxylic acids is 4. The molecule has 1 heterocycles. The number of pyridine rings is 1. The Labute approximate surface area is 289 Å². The minimum Gasteiger partial charge on any atom is -0.464 e. The van der Waals surface area contributed by atoms with Gasteiger partial charge in [-0.2, -0.15) is 0 Å². The number of rotatable bonds is 15. The van der Waals surface area contributed by atoms with Crippen molar-refractivity contribution in [3.05, 3.63) is 67.2 Å². The van der Waals surface area contributed by atoms with Gasteiger partial charge in [0.2, 0.25) is 0 Å². The second kappa shape index (κ2) is 19.2. The van der Waals surface area contributed by atoms with E-state index in [9.17, 15) is 19.2 Å². The minimum atomic E-state index is -1.14. The summed E-state index contributed by atoms with van der Waals surface area (Å²) in [6, 6.07) is 7.43. The molecule has 0 radical (unpaired) electrons. The van der Waals surface area contributed by atoms with Crippen LogP contribution in [0.15, 0.2) is 61.5 Å². The van der Waals surface area contributed by atoms with Gasteiger partial charge in [-0.25, -0.2) is 19.2 Å². The van der Waals surface area contributed by atoms with E-state index in [1.54, 1.807) is 85.0 Å². The van der Waals surface area contributed by atoms with Gasteiger partial charge >= 0.3 is 24.2 Å². The first kappa shape index (κ1) is 40.3. The summed E-state index contributed by atoms with van der Waals surface area (Å²) in [5, 5.41) is 5.25. The second-order valence-corrected chi connectivity index (χ2v) is 12.8. The van der Waals surface area contributed by atoms with Gasteiger partial charge in [-0.05, 0) is 97.6 Å². The molecule has 3 amide bonds. The van der Waals surface area contributed by atoms with Gasteiger partial charge in [-0.3, -0.25) is 20.5 Å². The lowest BCUT2D eigenvalue weighted by atomic mass is 10.00. The first-order valence-corrected chi connectivity index (χ1v) is 16.0. The van der Waals surface area contributed by atoms with Crippen LogP contribution in [0.25, 0.3) is 11.1 Å². The Balaban J connectivity index is 2.59. The Hall–Kier alpha value is -4.91. The molecule has 1 atom stereocenters. The average molecular weight is 683 g/mol. The second-order valence-electron chi connectivity index (χ2n) is 12.8. The van der Waals surface area contributed by atoms with Crippen LogP contribution in [0.4, 0.5) is 25.8 Å². The first-order chi connectivity index (χ1) is 23.1. The van der Waals surface area contributed by atoms with E-state index in [1.807, 2.05) is 6.07 Å². The van der Waals surface area contributed by atoms with Crippen molar-refractivity contribution in [3.63, 3.8) is 0 Å². The quantitative estimate of drug-likeness (QED) is 0.0855. The minimum absolute atomic E-state index is 0.0353. The van der Waals surface area contributed by atoms with Gasteiger partial charge in [0, 0.05) is 36.5 Å². The molecule has 1 aromatic carbocycles. The number of aromatic nitrogens is 1. The Morgan fingerprint density at radius 2 is 1.67 bits per heavy atom. The molecule has 49 heavy (non-hydrogen) atoms. The van der Waals surface area contributed by atoms with Crippen LogP contribution in [0, 0.1) is 0 Å². The number of anilines is 2. The molecule has 0 bridgehead atoms. The number of nitrogens with one attached hydrogen (secondary N) is 2. The van der Waals surface area contributed by atoms with Crippen LogP contribution in [0.3, 0.4) is 0 Å². The fraction of sp³-hybridized carbons (Fsp3) is 0.472. The molecule has 2 rings (SSSR count). The molecule has 1 aromatic heterocycles. The standard InChI is InChI=1S/C36H50N4O9/c1-10-14-29(31(41)46-11-2)40(34(44)49-36(6,7)8)30-24-27(39-33(43)47-22-21-45-9)16-17-28(30)25-18-20-37-26(23-25)15-12-13-19-38-32(42)48-35(3,4)5/h10,13,16-20,23-24,29H,1,11-12,14-15,21-22H2,2-9H3,(H,38,42)(H,39,43). The van der Waals surface area contributed by atoms with Gasteiger partial charge in [0.15, 0.2) is 0 Å². The molecule has 0 aliphatic heterocycles. The highest BCUT2D eigenvalue weighted by atomic mass is 16.6. The fourth-order valence-corrected chi connectivity index (χ4v) is 4.36. The molecule has 0 fully saturated rings. The van der Waals surface area contributed by atoms with Crippen molar-refractivity contribution in [2.45, 2.75) is 85.0 Å². The van der Waals surface area contributed by atoms with E-state index in [4.69, 9.17) is 23.7 Å². The molecule has 0 aliphatic carbocycles. The molecular formula is C36H50N4O9. The summed E-state index contributed by atoms with van der Waals surface area (Å²) >= 11 is 0. The van der Waals surface area contributed by atoms with Crippen LogP contribution in [0.5, 0.6) is 0 Å². The van der Waals surface area contributed by atoms with Crippen molar-refractivity contribution in [2.75, 3.05) is 37.1 Å². The first-order valence-electron chi connectivity index (χ1n) is 16.0. The zero-order valence-corrected chi connectivity index (χ0v) is 29.8. The van der Waals surface area contributed by atoms with Gasteiger partial charge < -0.3 is 23.7 Å². The maximum absolute atomic E-state index is 13.9. The normalized spacial score (nSPS) is 12.1. The molecule has 1 unspecified atom stereocenters. The van der Waals surface area contributed by atoms with Crippen LogP contribution in [0.1, 0.15) is 67.0 Å². The Bertz CT molecular complexity index is 1460. The number of alkyl carbamates (subject to hydrolysis) is 1. The van der Waals surface area contributed by atoms with E-state index in [0.717, 1.165) is 5.69 Å².